The number of nitrogens with one attached hydrogen (secondary N) is 2. The highest BCUT2D eigenvalue weighted by Crippen LogP contribution is 2.32. The van der Waals surface area contributed by atoms with Crippen LogP contribution in [0.1, 0.15) is 66.4 Å². The van der Waals surface area contributed by atoms with Crippen molar-refractivity contribution in [3.05, 3.63) is 75.8 Å². The van der Waals surface area contributed by atoms with Gasteiger partial charge in [-0.1, -0.05) is 25.0 Å². The predicted molar refractivity (Wildman–Crippen MR) is 164 cm³/mol. The second-order valence-electron chi connectivity index (χ2n) is 11.2. The minimum atomic E-state index is -1.10. The third kappa shape index (κ3) is 5.68. The number of hydrogen-bond acceptors (Lipinski definition) is 11. The molecule has 2 aliphatic rings. The molecule has 1 atom stereocenters. The number of nitrogens with zero attached hydrogens (tertiary/aromatic N) is 6. The number of hydrogen-bond donors (Lipinski definition) is 4. The lowest BCUT2D eigenvalue weighted by Gasteiger charge is -2.37. The molecule has 4 aromatic rings. The van der Waals surface area contributed by atoms with E-state index in [9.17, 15) is 14.7 Å². The first-order chi connectivity index (χ1) is 20.8. The maximum atomic E-state index is 13.5. The van der Waals surface area contributed by atoms with Gasteiger partial charge in [0.1, 0.15) is 11.5 Å². The highest BCUT2D eigenvalue weighted by atomic mass is 16.5. The Hall–Kier alpha value is -4.39. The molecule has 0 spiro atoms. The minimum Gasteiger partial charge on any atom is -0.372 e. The van der Waals surface area contributed by atoms with Crippen molar-refractivity contribution in [2.45, 2.75) is 51.8 Å². The van der Waals surface area contributed by atoms with Crippen LogP contribution in [0.2, 0.25) is 0 Å². The van der Waals surface area contributed by atoms with Crippen molar-refractivity contribution < 1.29 is 15.1 Å². The van der Waals surface area contributed by atoms with E-state index in [0.29, 0.717) is 33.9 Å². The zero-order chi connectivity index (χ0) is 30.1. The van der Waals surface area contributed by atoms with Crippen LogP contribution in [-0.4, -0.2) is 61.8 Å². The van der Waals surface area contributed by atoms with Crippen LogP contribution in [0.25, 0.3) is 11.0 Å². The van der Waals surface area contributed by atoms with Crippen molar-refractivity contribution in [2.75, 3.05) is 41.3 Å². The topological polar surface area (TPSA) is 149 Å². The predicted octanol–water partition coefficient (Wildman–Crippen LogP) is 3.85. The Balaban J connectivity index is 1.16. The number of pyridine rings is 2. The quantitative estimate of drug-likeness (QED) is 0.136. The number of carbonyl (C=O) groups excluding carboxylic acids is 1. The smallest absolute Gasteiger partial charge is 0.263 e. The van der Waals surface area contributed by atoms with E-state index in [0.717, 1.165) is 63.2 Å². The summed E-state index contributed by atoms with van der Waals surface area (Å²) in [7, 11) is 0. The van der Waals surface area contributed by atoms with E-state index in [-0.39, 0.29) is 22.9 Å². The van der Waals surface area contributed by atoms with Gasteiger partial charge in [-0.05, 0) is 62.1 Å². The molecule has 1 unspecified atom stereocenters. The average Bonchev–Trinajstić information content (AvgIpc) is 3.56. The fraction of sp³-hybridized carbons (Fsp3) is 0.387. The number of aryl methyl sites for hydroxylation is 1. The lowest BCUT2D eigenvalue weighted by Crippen LogP contribution is -2.46. The Labute approximate surface area is 249 Å². The van der Waals surface area contributed by atoms with Gasteiger partial charge in [0, 0.05) is 49.5 Å². The lowest BCUT2D eigenvalue weighted by atomic mass is 10.0. The summed E-state index contributed by atoms with van der Waals surface area (Å²) in [5, 5.41) is 22.5. The summed E-state index contributed by atoms with van der Waals surface area (Å²) in [6, 6.07) is 11.4. The van der Waals surface area contributed by atoms with E-state index in [1.54, 1.807) is 29.8 Å². The van der Waals surface area contributed by atoms with Crippen molar-refractivity contribution in [1.82, 2.24) is 25.0 Å². The summed E-state index contributed by atoms with van der Waals surface area (Å²) in [4.78, 5) is 44.2. The number of rotatable bonds is 8. The van der Waals surface area contributed by atoms with E-state index >= 15 is 0 Å². The summed E-state index contributed by atoms with van der Waals surface area (Å²) >= 11 is 0. The molecule has 0 amide bonds. The van der Waals surface area contributed by atoms with Crippen LogP contribution in [0.5, 0.6) is 0 Å². The Morgan fingerprint density at radius 2 is 1.60 bits per heavy atom. The highest BCUT2D eigenvalue weighted by Gasteiger charge is 2.26. The van der Waals surface area contributed by atoms with E-state index in [1.807, 2.05) is 35.9 Å². The zero-order valence-electron chi connectivity index (χ0n) is 24.3. The van der Waals surface area contributed by atoms with Gasteiger partial charge in [-0.25, -0.2) is 9.97 Å². The zero-order valence-corrected chi connectivity index (χ0v) is 24.3. The van der Waals surface area contributed by atoms with E-state index in [2.05, 4.69) is 25.1 Å². The number of carbonyl (C=O) groups is 1. The van der Waals surface area contributed by atoms with Gasteiger partial charge >= 0.3 is 0 Å². The van der Waals surface area contributed by atoms with Gasteiger partial charge in [0.05, 0.1) is 17.4 Å². The number of aromatic nitrogens is 4. The molecule has 1 aliphatic carbocycles. The summed E-state index contributed by atoms with van der Waals surface area (Å²) in [5.41, 5.74) is 5.62. The van der Waals surface area contributed by atoms with Crippen molar-refractivity contribution in [2.24, 2.45) is 0 Å². The summed E-state index contributed by atoms with van der Waals surface area (Å²) in [5.74, 6) is 0.694. The molecule has 2 fully saturated rings. The van der Waals surface area contributed by atoms with Crippen LogP contribution in [0.4, 0.5) is 23.1 Å². The monoisotopic (exact) mass is 584 g/mol. The van der Waals surface area contributed by atoms with Crippen molar-refractivity contribution in [1.29, 1.82) is 0 Å². The van der Waals surface area contributed by atoms with Crippen molar-refractivity contribution in [3.63, 3.8) is 0 Å². The number of anilines is 4. The molecule has 12 nitrogen and oxygen atoms in total. The molecule has 43 heavy (non-hydrogen) atoms. The van der Waals surface area contributed by atoms with Crippen LogP contribution < -0.4 is 26.2 Å². The fourth-order valence-electron chi connectivity index (χ4n) is 6.24. The molecule has 1 saturated carbocycles. The minimum absolute atomic E-state index is 0.0187. The highest BCUT2D eigenvalue weighted by molar-refractivity contribution is 5.99. The average molecular weight is 585 g/mol. The van der Waals surface area contributed by atoms with Gasteiger partial charge in [-0.3, -0.25) is 14.2 Å². The molecule has 12 heteroatoms. The molecule has 1 aliphatic heterocycles. The Bertz CT molecular complexity index is 1680. The van der Waals surface area contributed by atoms with Gasteiger partial charge < -0.3 is 25.4 Å². The van der Waals surface area contributed by atoms with Crippen LogP contribution >= 0.6 is 0 Å². The molecule has 0 radical (unpaired) electrons. The number of fused-ring (bicyclic) bond motifs is 1. The number of piperazine rings is 1. The van der Waals surface area contributed by atoms with Gasteiger partial charge in [0.2, 0.25) is 5.95 Å². The Morgan fingerprint density at radius 3 is 2.21 bits per heavy atom. The molecule has 4 N–H and O–H groups in total. The van der Waals surface area contributed by atoms with Crippen LogP contribution in [0, 0.1) is 6.92 Å². The standard InChI is InChI=1S/C31H36N8O4/c1-19-25-18-33-31(35-28(25)39(23-5-3-4-6-23)30(42)27(19)20(2)40)34-26-12-11-24(17-32-26)38-15-13-37(14-16-38)22-9-7-21(8-10-22)29(41)36-43/h7-12,17-18,23,29,36,41,43H,3-6,13-16H2,1-2H3,(H,32,33,34,35). The normalized spacial score (nSPS) is 16.6. The third-order valence-corrected chi connectivity index (χ3v) is 8.58. The van der Waals surface area contributed by atoms with Crippen molar-refractivity contribution >= 4 is 40.0 Å². The van der Waals surface area contributed by atoms with Crippen molar-refractivity contribution in [3.8, 4) is 0 Å². The first-order valence-corrected chi connectivity index (χ1v) is 14.7. The lowest BCUT2D eigenvalue weighted by molar-refractivity contribution is 0.000706. The number of Topliss-reactive ketones (excluding diaryl/α,β-unsaturated/α-hetero) is 1. The van der Waals surface area contributed by atoms with Gasteiger partial charge in [-0.2, -0.15) is 10.5 Å². The molecular formula is C31H36N8O4. The second kappa shape index (κ2) is 12.1. The second-order valence-corrected chi connectivity index (χ2v) is 11.2. The number of hydroxylamine groups is 1. The molecule has 1 saturated heterocycles. The van der Waals surface area contributed by atoms with Crippen LogP contribution in [0.3, 0.4) is 0 Å². The third-order valence-electron chi connectivity index (χ3n) is 8.58. The van der Waals surface area contributed by atoms with E-state index in [4.69, 9.17) is 10.2 Å². The van der Waals surface area contributed by atoms with Gasteiger partial charge in [0.25, 0.3) is 5.56 Å². The fourth-order valence-corrected chi connectivity index (χ4v) is 6.24. The first kappa shape index (κ1) is 28.7. The maximum absolute atomic E-state index is 13.5. The summed E-state index contributed by atoms with van der Waals surface area (Å²) in [6.45, 7) is 6.53. The number of ketones is 1. The summed E-state index contributed by atoms with van der Waals surface area (Å²) in [6.07, 6.45) is 6.28. The van der Waals surface area contributed by atoms with E-state index < -0.39 is 6.23 Å². The Morgan fingerprint density at radius 1 is 0.953 bits per heavy atom. The molecule has 0 bridgehead atoms. The maximum Gasteiger partial charge on any atom is 0.263 e. The molecule has 224 valence electrons. The van der Waals surface area contributed by atoms with E-state index in [1.165, 1.54) is 6.92 Å². The molecule has 6 rings (SSSR count). The number of aliphatic hydroxyl groups is 1. The Kier molecular flexibility index (Phi) is 8.06. The summed E-state index contributed by atoms with van der Waals surface area (Å²) < 4.78 is 1.71. The first-order valence-electron chi connectivity index (χ1n) is 14.7. The SMILES string of the molecule is CC(=O)c1c(C)c2cnc(Nc3ccc(N4CCN(c5ccc(C(O)NO)cc5)CC4)cn3)nc2n(C2CCCC2)c1=O. The molecule has 1 aromatic carbocycles. The largest absolute Gasteiger partial charge is 0.372 e. The molecular weight excluding hydrogens is 548 g/mol. The molecule has 3 aromatic heterocycles. The van der Waals surface area contributed by atoms with Crippen LogP contribution in [-0.2, 0) is 0 Å². The molecule has 4 heterocycles. The number of aliphatic hydroxyl groups excluding tert-OH is 1. The van der Waals surface area contributed by atoms with Crippen LogP contribution in [0.15, 0.2) is 53.6 Å². The van der Waals surface area contributed by atoms with Gasteiger partial charge in [0.15, 0.2) is 12.0 Å². The number of benzene rings is 1. The van der Waals surface area contributed by atoms with Gasteiger partial charge in [-0.15, -0.1) is 0 Å².